The zero-order valence-electron chi connectivity index (χ0n) is 12.0. The van der Waals surface area contributed by atoms with Gasteiger partial charge >= 0.3 is 0 Å². The van der Waals surface area contributed by atoms with E-state index in [-0.39, 0.29) is 6.54 Å². The molecule has 3 aromatic rings. The predicted molar refractivity (Wildman–Crippen MR) is 82.7 cm³/mol. The molecule has 0 radical (unpaired) electrons. The summed E-state index contributed by atoms with van der Waals surface area (Å²) in [5.41, 5.74) is 2.70. The van der Waals surface area contributed by atoms with Gasteiger partial charge in [0.2, 0.25) is 0 Å². The Balaban J connectivity index is 1.90. The predicted octanol–water partition coefficient (Wildman–Crippen LogP) is 3.56. The molecule has 0 aliphatic rings. The summed E-state index contributed by atoms with van der Waals surface area (Å²) in [5, 5.41) is 12.8. The second-order valence-electron chi connectivity index (χ2n) is 4.96. The number of hydrogen-bond acceptors (Lipinski definition) is 4. The maximum atomic E-state index is 13.9. The number of nitrogens with one attached hydrogen (secondary N) is 1. The lowest BCUT2D eigenvalue weighted by molar-refractivity contribution is 0.612. The minimum absolute atomic E-state index is 0.290. The fourth-order valence-corrected chi connectivity index (χ4v) is 2.35. The minimum atomic E-state index is -0.401. The summed E-state index contributed by atoms with van der Waals surface area (Å²) >= 11 is 0. The summed E-state index contributed by atoms with van der Waals surface area (Å²) in [4.78, 5) is 8.49. The quantitative estimate of drug-likeness (QED) is 0.801. The molecule has 0 aliphatic heterocycles. The number of halogens is 1. The molecule has 0 saturated carbocycles. The molecule has 0 saturated heterocycles. The van der Waals surface area contributed by atoms with E-state index in [4.69, 9.17) is 5.26 Å². The zero-order chi connectivity index (χ0) is 15.5. The molecular formula is C17H13FN4. The topological polar surface area (TPSA) is 61.6 Å². The molecule has 2 aromatic carbocycles. The Morgan fingerprint density at radius 3 is 2.86 bits per heavy atom. The first kappa shape index (κ1) is 14.0. The lowest BCUT2D eigenvalue weighted by atomic mass is 10.1. The summed E-state index contributed by atoms with van der Waals surface area (Å²) < 4.78 is 13.9. The summed E-state index contributed by atoms with van der Waals surface area (Å²) in [5.74, 6) is 0.272. The molecule has 0 bridgehead atoms. The van der Waals surface area contributed by atoms with Gasteiger partial charge in [-0.3, -0.25) is 0 Å². The number of rotatable bonds is 3. The van der Waals surface area contributed by atoms with Crippen molar-refractivity contribution in [2.24, 2.45) is 0 Å². The van der Waals surface area contributed by atoms with Gasteiger partial charge in [0.25, 0.3) is 0 Å². The maximum absolute atomic E-state index is 13.9. The maximum Gasteiger partial charge on any atom is 0.137 e. The zero-order valence-corrected chi connectivity index (χ0v) is 12.0. The van der Waals surface area contributed by atoms with Crippen LogP contribution in [0.25, 0.3) is 10.9 Å². The first-order valence-corrected chi connectivity index (χ1v) is 6.82. The highest BCUT2D eigenvalue weighted by Gasteiger charge is 2.08. The molecule has 5 heteroatoms. The third-order valence-electron chi connectivity index (χ3n) is 3.50. The van der Waals surface area contributed by atoms with Crippen molar-refractivity contribution >= 4 is 16.7 Å². The van der Waals surface area contributed by atoms with Crippen molar-refractivity contribution in [3.8, 4) is 6.07 Å². The van der Waals surface area contributed by atoms with Crippen molar-refractivity contribution in [2.75, 3.05) is 5.32 Å². The fraction of sp³-hybridized carbons (Fsp3) is 0.118. The summed E-state index contributed by atoms with van der Waals surface area (Å²) in [7, 11) is 0. The number of nitriles is 1. The second-order valence-corrected chi connectivity index (χ2v) is 4.96. The van der Waals surface area contributed by atoms with Gasteiger partial charge in [0.05, 0.1) is 17.1 Å². The van der Waals surface area contributed by atoms with Crippen LogP contribution in [0.1, 0.15) is 16.7 Å². The number of nitrogens with zero attached hydrogens (tertiary/aromatic N) is 3. The molecule has 0 spiro atoms. The van der Waals surface area contributed by atoms with Gasteiger partial charge in [-0.2, -0.15) is 5.26 Å². The van der Waals surface area contributed by atoms with Crippen molar-refractivity contribution in [3.05, 3.63) is 65.2 Å². The number of benzene rings is 2. The lowest BCUT2D eigenvalue weighted by Crippen LogP contribution is -2.05. The largest absolute Gasteiger partial charge is 0.365 e. The van der Waals surface area contributed by atoms with E-state index < -0.39 is 5.82 Å². The van der Waals surface area contributed by atoms with Crippen LogP contribution in [0.3, 0.4) is 0 Å². The van der Waals surface area contributed by atoms with E-state index in [2.05, 4.69) is 15.3 Å². The third kappa shape index (κ3) is 2.59. The molecule has 0 amide bonds. The first-order chi connectivity index (χ1) is 10.7. The number of aryl methyl sites for hydroxylation is 1. The standard InChI is InChI=1S/C17H13FN4/c1-11-3-2-4-15-16(11)17(22-10-21-15)20-9-13-6-5-12(8-19)7-14(13)18/h2-7,10H,9H2,1H3,(H,20,21,22). The van der Waals surface area contributed by atoms with Crippen molar-refractivity contribution < 1.29 is 4.39 Å². The molecule has 1 aromatic heterocycles. The Labute approximate surface area is 127 Å². The van der Waals surface area contributed by atoms with Crippen molar-refractivity contribution in [1.29, 1.82) is 5.26 Å². The highest BCUT2D eigenvalue weighted by Crippen LogP contribution is 2.23. The van der Waals surface area contributed by atoms with Crippen LogP contribution >= 0.6 is 0 Å². The normalized spacial score (nSPS) is 10.4. The van der Waals surface area contributed by atoms with Crippen molar-refractivity contribution in [2.45, 2.75) is 13.5 Å². The molecule has 0 aliphatic carbocycles. The molecule has 1 N–H and O–H groups in total. The number of aromatic nitrogens is 2. The highest BCUT2D eigenvalue weighted by molar-refractivity contribution is 5.91. The van der Waals surface area contributed by atoms with E-state index >= 15 is 0 Å². The van der Waals surface area contributed by atoms with Crippen LogP contribution in [0.15, 0.2) is 42.7 Å². The van der Waals surface area contributed by atoms with Gasteiger partial charge in [-0.05, 0) is 30.7 Å². The van der Waals surface area contributed by atoms with E-state index in [9.17, 15) is 4.39 Å². The lowest BCUT2D eigenvalue weighted by Gasteiger charge is -2.10. The van der Waals surface area contributed by atoms with Crippen LogP contribution < -0.4 is 5.32 Å². The van der Waals surface area contributed by atoms with Gasteiger partial charge in [0.15, 0.2) is 0 Å². The van der Waals surface area contributed by atoms with Crippen LogP contribution in [0.4, 0.5) is 10.2 Å². The molecule has 0 unspecified atom stereocenters. The average Bonchev–Trinajstić information content (AvgIpc) is 2.53. The van der Waals surface area contributed by atoms with Gasteiger partial charge in [-0.25, -0.2) is 14.4 Å². The van der Waals surface area contributed by atoms with Gasteiger partial charge in [-0.15, -0.1) is 0 Å². The van der Waals surface area contributed by atoms with Gasteiger partial charge in [-0.1, -0.05) is 18.2 Å². The molecule has 3 rings (SSSR count). The summed E-state index contributed by atoms with van der Waals surface area (Å²) in [6, 6.07) is 12.2. The Bertz CT molecular complexity index is 878. The molecule has 1 heterocycles. The van der Waals surface area contributed by atoms with Gasteiger partial charge < -0.3 is 5.32 Å². The van der Waals surface area contributed by atoms with Crippen LogP contribution in [0, 0.1) is 24.1 Å². The monoisotopic (exact) mass is 292 g/mol. The van der Waals surface area contributed by atoms with E-state index in [0.717, 1.165) is 16.5 Å². The SMILES string of the molecule is Cc1cccc2ncnc(NCc3ccc(C#N)cc3F)c12. The number of anilines is 1. The van der Waals surface area contributed by atoms with Crippen molar-refractivity contribution in [1.82, 2.24) is 9.97 Å². The molecule has 108 valence electrons. The molecule has 4 nitrogen and oxygen atoms in total. The first-order valence-electron chi connectivity index (χ1n) is 6.82. The Kier molecular flexibility index (Phi) is 3.67. The summed E-state index contributed by atoms with van der Waals surface area (Å²) in [6.07, 6.45) is 1.49. The van der Waals surface area contributed by atoms with Crippen molar-refractivity contribution in [3.63, 3.8) is 0 Å². The number of fused-ring (bicyclic) bond motifs is 1. The van der Waals surface area contributed by atoms with E-state index in [0.29, 0.717) is 16.9 Å². The van der Waals surface area contributed by atoms with Gasteiger partial charge in [0.1, 0.15) is 18.0 Å². The van der Waals surface area contributed by atoms with E-state index in [1.807, 2.05) is 31.2 Å². The Morgan fingerprint density at radius 2 is 2.09 bits per heavy atom. The van der Waals surface area contributed by atoms with Crippen LogP contribution in [-0.2, 0) is 6.54 Å². The second kappa shape index (κ2) is 5.78. The van der Waals surface area contributed by atoms with Crippen LogP contribution in [0.5, 0.6) is 0 Å². The molecule has 0 fully saturated rings. The fourth-order valence-electron chi connectivity index (χ4n) is 2.35. The smallest absolute Gasteiger partial charge is 0.137 e. The number of hydrogen-bond donors (Lipinski definition) is 1. The molecule has 0 atom stereocenters. The third-order valence-corrected chi connectivity index (χ3v) is 3.50. The average molecular weight is 292 g/mol. The molecule has 22 heavy (non-hydrogen) atoms. The van der Waals surface area contributed by atoms with Crippen LogP contribution in [0.2, 0.25) is 0 Å². The Morgan fingerprint density at radius 1 is 1.23 bits per heavy atom. The Hall–Kier alpha value is -3.00. The summed E-state index contributed by atoms with van der Waals surface area (Å²) in [6.45, 7) is 2.27. The van der Waals surface area contributed by atoms with E-state index in [1.54, 1.807) is 12.1 Å². The molecular weight excluding hydrogens is 279 g/mol. The van der Waals surface area contributed by atoms with Gasteiger partial charge in [0, 0.05) is 17.5 Å². The highest BCUT2D eigenvalue weighted by atomic mass is 19.1. The van der Waals surface area contributed by atoms with Crippen LogP contribution in [-0.4, -0.2) is 9.97 Å². The minimum Gasteiger partial charge on any atom is -0.365 e. The van der Waals surface area contributed by atoms with E-state index in [1.165, 1.54) is 12.4 Å².